The van der Waals surface area contributed by atoms with Crippen LogP contribution in [0.5, 0.6) is 0 Å². The molecule has 3 aromatic rings. The van der Waals surface area contributed by atoms with Gasteiger partial charge in [-0.3, -0.25) is 4.79 Å². The van der Waals surface area contributed by atoms with Crippen LogP contribution in [-0.2, 0) is 19.3 Å². The van der Waals surface area contributed by atoms with Gasteiger partial charge in [-0.1, -0.05) is 35.5 Å². The van der Waals surface area contributed by atoms with E-state index in [4.69, 9.17) is 0 Å². The number of carbonyl (C=O) groups is 1. The van der Waals surface area contributed by atoms with Crippen LogP contribution in [0.3, 0.4) is 0 Å². The van der Waals surface area contributed by atoms with E-state index >= 15 is 0 Å². The van der Waals surface area contributed by atoms with Crippen LogP contribution < -0.4 is 5.32 Å². The second kappa shape index (κ2) is 7.38. The molecule has 5 nitrogen and oxygen atoms in total. The minimum Gasteiger partial charge on any atom is -0.346 e. The maximum atomic E-state index is 12.6. The molecule has 0 radical (unpaired) electrons. The van der Waals surface area contributed by atoms with E-state index in [-0.39, 0.29) is 19.0 Å². The fraction of sp³-hybridized carbons (Fsp3) is 0.167. The van der Waals surface area contributed by atoms with Crippen LogP contribution in [0, 0.1) is 0 Å². The van der Waals surface area contributed by atoms with Gasteiger partial charge in [0.1, 0.15) is 5.69 Å². The lowest BCUT2D eigenvalue weighted by Gasteiger charge is -2.07. The summed E-state index contributed by atoms with van der Waals surface area (Å²) in [5.41, 5.74) is 1.08. The topological polar surface area (TPSA) is 59.8 Å². The Morgan fingerprint density at radius 2 is 1.73 bits per heavy atom. The first-order chi connectivity index (χ1) is 12.4. The van der Waals surface area contributed by atoms with Crippen LogP contribution in [0.1, 0.15) is 27.2 Å². The molecular formula is C18H15F3N4O. The molecule has 0 atom stereocenters. The van der Waals surface area contributed by atoms with E-state index in [1.54, 1.807) is 30.5 Å². The number of halogens is 3. The second-order valence-electron chi connectivity index (χ2n) is 5.65. The molecular weight excluding hydrogens is 345 g/mol. The van der Waals surface area contributed by atoms with E-state index in [0.717, 1.165) is 12.1 Å². The van der Waals surface area contributed by atoms with E-state index in [1.807, 2.05) is 6.07 Å². The van der Waals surface area contributed by atoms with Gasteiger partial charge in [0.05, 0.1) is 24.8 Å². The normalized spacial score (nSPS) is 11.3. The van der Waals surface area contributed by atoms with Gasteiger partial charge < -0.3 is 5.32 Å². The summed E-state index contributed by atoms with van der Waals surface area (Å²) in [5, 5.41) is 10.6. The highest BCUT2D eigenvalue weighted by molar-refractivity contribution is 5.93. The monoisotopic (exact) mass is 360 g/mol. The van der Waals surface area contributed by atoms with Gasteiger partial charge in [-0.15, -0.1) is 5.10 Å². The van der Waals surface area contributed by atoms with Gasteiger partial charge in [0.25, 0.3) is 5.91 Å². The van der Waals surface area contributed by atoms with Gasteiger partial charge in [0.2, 0.25) is 0 Å². The van der Waals surface area contributed by atoms with Crippen molar-refractivity contribution < 1.29 is 18.0 Å². The van der Waals surface area contributed by atoms with Gasteiger partial charge >= 0.3 is 6.18 Å². The number of nitrogens with zero attached hydrogens (tertiary/aromatic N) is 3. The van der Waals surface area contributed by atoms with Crippen LogP contribution in [0.25, 0.3) is 0 Å². The standard InChI is InChI=1S/C18H15F3N4O/c19-18(20,21)15-8-6-13(7-9-15)11-25-12-16(23-24-25)10-22-17(26)14-4-2-1-3-5-14/h1-9,12H,10-11H2,(H,22,26). The third kappa shape index (κ3) is 4.47. The first kappa shape index (κ1) is 17.7. The molecule has 0 saturated heterocycles. The fourth-order valence-electron chi connectivity index (χ4n) is 2.35. The highest BCUT2D eigenvalue weighted by Crippen LogP contribution is 2.29. The quantitative estimate of drug-likeness (QED) is 0.760. The highest BCUT2D eigenvalue weighted by atomic mass is 19.4. The number of carbonyl (C=O) groups excluding carboxylic acids is 1. The molecule has 0 unspecified atom stereocenters. The van der Waals surface area contributed by atoms with Gasteiger partial charge in [-0.2, -0.15) is 13.2 Å². The molecule has 134 valence electrons. The summed E-state index contributed by atoms with van der Waals surface area (Å²) >= 11 is 0. The predicted octanol–water partition coefficient (Wildman–Crippen LogP) is 3.28. The van der Waals surface area contributed by atoms with Crippen molar-refractivity contribution in [2.24, 2.45) is 0 Å². The number of benzene rings is 2. The molecule has 0 aliphatic rings. The zero-order valence-corrected chi connectivity index (χ0v) is 13.6. The van der Waals surface area contributed by atoms with Crippen molar-refractivity contribution in [3.63, 3.8) is 0 Å². The third-order valence-corrected chi connectivity index (χ3v) is 3.68. The molecule has 26 heavy (non-hydrogen) atoms. The van der Waals surface area contributed by atoms with Gasteiger partial charge in [0, 0.05) is 5.56 Å². The molecule has 0 aliphatic heterocycles. The lowest BCUT2D eigenvalue weighted by molar-refractivity contribution is -0.137. The third-order valence-electron chi connectivity index (χ3n) is 3.68. The Hall–Kier alpha value is -3.16. The summed E-state index contributed by atoms with van der Waals surface area (Å²) < 4.78 is 39.2. The Labute approximate surface area is 147 Å². The number of hydrogen-bond donors (Lipinski definition) is 1. The van der Waals surface area contributed by atoms with E-state index < -0.39 is 11.7 Å². The molecule has 1 N–H and O–H groups in total. The molecule has 0 aliphatic carbocycles. The fourth-order valence-corrected chi connectivity index (χ4v) is 2.35. The maximum Gasteiger partial charge on any atom is 0.416 e. The summed E-state index contributed by atoms with van der Waals surface area (Å²) in [7, 11) is 0. The first-order valence-electron chi connectivity index (χ1n) is 7.80. The molecule has 1 aromatic heterocycles. The molecule has 1 heterocycles. The number of hydrogen-bond acceptors (Lipinski definition) is 3. The number of amides is 1. The zero-order valence-electron chi connectivity index (χ0n) is 13.6. The average Bonchev–Trinajstić information content (AvgIpc) is 3.07. The molecule has 2 aromatic carbocycles. The number of nitrogens with one attached hydrogen (secondary N) is 1. The van der Waals surface area contributed by atoms with Crippen molar-refractivity contribution in [3.8, 4) is 0 Å². The molecule has 1 amide bonds. The molecule has 0 spiro atoms. The summed E-state index contributed by atoms with van der Waals surface area (Å²) in [4.78, 5) is 12.0. The van der Waals surface area contributed by atoms with Crippen LogP contribution in [0.2, 0.25) is 0 Å². The smallest absolute Gasteiger partial charge is 0.346 e. The summed E-state index contributed by atoms with van der Waals surface area (Å²) in [6, 6.07) is 13.7. The maximum absolute atomic E-state index is 12.6. The van der Waals surface area contributed by atoms with Crippen LogP contribution in [-0.4, -0.2) is 20.9 Å². The minimum absolute atomic E-state index is 0.209. The van der Waals surface area contributed by atoms with Crippen molar-refractivity contribution >= 4 is 5.91 Å². The first-order valence-corrected chi connectivity index (χ1v) is 7.80. The van der Waals surface area contributed by atoms with Gasteiger partial charge in [-0.25, -0.2) is 4.68 Å². The van der Waals surface area contributed by atoms with Crippen LogP contribution in [0.15, 0.2) is 60.8 Å². The van der Waals surface area contributed by atoms with Crippen molar-refractivity contribution in [2.45, 2.75) is 19.3 Å². The van der Waals surface area contributed by atoms with Crippen LogP contribution >= 0.6 is 0 Å². The molecule has 8 heteroatoms. The summed E-state index contributed by atoms with van der Waals surface area (Å²) in [6.45, 7) is 0.499. The predicted molar refractivity (Wildman–Crippen MR) is 88.2 cm³/mol. The number of aromatic nitrogens is 3. The Bertz CT molecular complexity index is 873. The van der Waals surface area contributed by atoms with Crippen molar-refractivity contribution in [3.05, 3.63) is 83.2 Å². The second-order valence-corrected chi connectivity index (χ2v) is 5.65. The highest BCUT2D eigenvalue weighted by Gasteiger charge is 2.29. The number of rotatable bonds is 5. The van der Waals surface area contributed by atoms with Crippen molar-refractivity contribution in [1.29, 1.82) is 0 Å². The Kier molecular flexibility index (Phi) is 5.01. The zero-order chi connectivity index (χ0) is 18.6. The van der Waals surface area contributed by atoms with E-state index in [0.29, 0.717) is 16.8 Å². The Morgan fingerprint density at radius 3 is 2.38 bits per heavy atom. The molecule has 0 saturated carbocycles. The molecule has 3 rings (SSSR count). The minimum atomic E-state index is -4.35. The van der Waals surface area contributed by atoms with E-state index in [1.165, 1.54) is 16.8 Å². The summed E-state index contributed by atoms with van der Waals surface area (Å²) in [6.07, 6.45) is -2.71. The lowest BCUT2D eigenvalue weighted by Crippen LogP contribution is -2.22. The molecule has 0 bridgehead atoms. The van der Waals surface area contributed by atoms with Crippen molar-refractivity contribution in [2.75, 3.05) is 0 Å². The Balaban J connectivity index is 1.57. The van der Waals surface area contributed by atoms with Crippen LogP contribution in [0.4, 0.5) is 13.2 Å². The van der Waals surface area contributed by atoms with Gasteiger partial charge in [0.15, 0.2) is 0 Å². The lowest BCUT2D eigenvalue weighted by atomic mass is 10.1. The molecule has 0 fully saturated rings. The largest absolute Gasteiger partial charge is 0.416 e. The average molecular weight is 360 g/mol. The van der Waals surface area contributed by atoms with E-state index in [2.05, 4.69) is 15.6 Å². The van der Waals surface area contributed by atoms with Gasteiger partial charge in [-0.05, 0) is 29.8 Å². The number of alkyl halides is 3. The van der Waals surface area contributed by atoms with Crippen molar-refractivity contribution in [1.82, 2.24) is 20.3 Å². The van der Waals surface area contributed by atoms with E-state index in [9.17, 15) is 18.0 Å². The summed E-state index contributed by atoms with van der Waals surface area (Å²) in [5.74, 6) is -0.220. The Morgan fingerprint density at radius 1 is 1.04 bits per heavy atom. The SMILES string of the molecule is O=C(NCc1cn(Cc2ccc(C(F)(F)F)cc2)nn1)c1ccccc1.